The summed E-state index contributed by atoms with van der Waals surface area (Å²) < 4.78 is 44.6. The number of benzene rings is 2. The molecule has 2 aromatic carbocycles. The van der Waals surface area contributed by atoms with Crippen molar-refractivity contribution in [3.8, 4) is 16.9 Å². The van der Waals surface area contributed by atoms with E-state index in [2.05, 4.69) is 9.88 Å². The van der Waals surface area contributed by atoms with Crippen LogP contribution in [0.4, 0.5) is 4.39 Å². The van der Waals surface area contributed by atoms with E-state index in [-0.39, 0.29) is 5.92 Å². The number of nitrogens with zero attached hydrogens (tertiary/aromatic N) is 2. The third kappa shape index (κ3) is 3.18. The summed E-state index contributed by atoms with van der Waals surface area (Å²) in [7, 11) is -1.73. The number of likely N-dealkylation sites (tertiary alicyclic amines) is 1. The Balaban J connectivity index is 1.43. The van der Waals surface area contributed by atoms with Crippen LogP contribution in [-0.4, -0.2) is 43.8 Å². The molecule has 2 atom stereocenters. The number of pyridine rings is 1. The first-order valence-corrected chi connectivity index (χ1v) is 11.4. The second kappa shape index (κ2) is 7.18. The summed E-state index contributed by atoms with van der Waals surface area (Å²) in [5, 5.41) is -0.424. The number of rotatable bonds is 4. The molecule has 5 nitrogen and oxygen atoms in total. The summed E-state index contributed by atoms with van der Waals surface area (Å²) >= 11 is 0. The molecule has 0 bridgehead atoms. The molecule has 2 aliphatic heterocycles. The average molecular weight is 424 g/mol. The SMILES string of the molecule is COc1ccc(CN2C[C@@H]3c4cc(-c5ccc(F)nc5)ccc4S(=O)(=O)[C@H]3C2)cc1. The second-order valence-electron chi connectivity index (χ2n) is 7.85. The zero-order valence-electron chi connectivity index (χ0n) is 16.5. The molecule has 5 rings (SSSR count). The molecule has 0 unspecified atom stereocenters. The van der Waals surface area contributed by atoms with Crippen LogP contribution in [-0.2, 0) is 16.4 Å². The van der Waals surface area contributed by atoms with Crippen molar-refractivity contribution in [3.05, 3.63) is 77.9 Å². The van der Waals surface area contributed by atoms with Crippen LogP contribution in [0.2, 0.25) is 0 Å². The quantitative estimate of drug-likeness (QED) is 0.599. The van der Waals surface area contributed by atoms with Gasteiger partial charge in [-0.1, -0.05) is 18.2 Å². The molecule has 0 amide bonds. The highest BCUT2D eigenvalue weighted by Crippen LogP contribution is 2.46. The summed E-state index contributed by atoms with van der Waals surface area (Å²) in [5.41, 5.74) is 3.61. The van der Waals surface area contributed by atoms with Crippen LogP contribution in [0, 0.1) is 5.95 Å². The van der Waals surface area contributed by atoms with Gasteiger partial charge < -0.3 is 4.74 Å². The highest BCUT2D eigenvalue weighted by atomic mass is 32.2. The minimum absolute atomic E-state index is 0.0587. The number of sulfone groups is 1. The molecule has 30 heavy (non-hydrogen) atoms. The van der Waals surface area contributed by atoms with E-state index < -0.39 is 21.0 Å². The van der Waals surface area contributed by atoms with Gasteiger partial charge in [-0.3, -0.25) is 4.90 Å². The molecular formula is C23H21FN2O3S. The monoisotopic (exact) mass is 424 g/mol. The fourth-order valence-electron chi connectivity index (χ4n) is 4.57. The lowest BCUT2D eigenvalue weighted by Crippen LogP contribution is -2.25. The number of ether oxygens (including phenoxy) is 1. The molecule has 0 N–H and O–H groups in total. The summed E-state index contributed by atoms with van der Waals surface area (Å²) in [6.45, 7) is 1.90. The number of halogens is 1. The van der Waals surface area contributed by atoms with Crippen LogP contribution in [0.5, 0.6) is 5.75 Å². The minimum atomic E-state index is -3.36. The van der Waals surface area contributed by atoms with Crippen molar-refractivity contribution in [3.63, 3.8) is 0 Å². The molecule has 1 aromatic heterocycles. The third-order valence-corrected chi connectivity index (χ3v) is 8.34. The van der Waals surface area contributed by atoms with Crippen LogP contribution in [0.25, 0.3) is 11.1 Å². The van der Waals surface area contributed by atoms with Gasteiger partial charge >= 0.3 is 0 Å². The number of aromatic nitrogens is 1. The van der Waals surface area contributed by atoms with Gasteiger partial charge in [0.2, 0.25) is 5.95 Å². The average Bonchev–Trinajstić information content (AvgIpc) is 3.26. The van der Waals surface area contributed by atoms with Gasteiger partial charge in [0.15, 0.2) is 9.84 Å². The minimum Gasteiger partial charge on any atom is -0.497 e. The lowest BCUT2D eigenvalue weighted by molar-refractivity contribution is 0.325. The topological polar surface area (TPSA) is 59.5 Å². The summed E-state index contributed by atoms with van der Waals surface area (Å²) in [5.74, 6) is 0.209. The zero-order chi connectivity index (χ0) is 20.9. The van der Waals surface area contributed by atoms with Crippen molar-refractivity contribution in [2.24, 2.45) is 0 Å². The first-order chi connectivity index (χ1) is 14.5. The van der Waals surface area contributed by atoms with E-state index in [1.807, 2.05) is 30.3 Å². The molecular weight excluding hydrogens is 403 g/mol. The van der Waals surface area contributed by atoms with Crippen molar-refractivity contribution < 1.29 is 17.5 Å². The van der Waals surface area contributed by atoms with E-state index >= 15 is 0 Å². The van der Waals surface area contributed by atoms with Crippen molar-refractivity contribution in [2.45, 2.75) is 22.6 Å². The van der Waals surface area contributed by atoms with Gasteiger partial charge in [-0.25, -0.2) is 13.4 Å². The Morgan fingerprint density at radius 3 is 2.53 bits per heavy atom. The molecule has 154 valence electrons. The standard InChI is InChI=1S/C23H21FN2O3S/c1-29-18-6-2-15(3-7-18)12-26-13-20-19-10-16(17-5-9-23(24)25-11-17)4-8-21(19)30(27,28)22(20)14-26/h2-11,20,22H,12-14H2,1H3/t20-,22+/m1/s1. The fraction of sp³-hybridized carbons (Fsp3) is 0.261. The Morgan fingerprint density at radius 2 is 1.83 bits per heavy atom. The highest BCUT2D eigenvalue weighted by Gasteiger charge is 2.50. The maximum absolute atomic E-state index is 13.2. The molecule has 2 aliphatic rings. The smallest absolute Gasteiger partial charge is 0.212 e. The number of fused-ring (bicyclic) bond motifs is 3. The molecule has 1 saturated heterocycles. The van der Waals surface area contributed by atoms with Gasteiger partial charge in [0.05, 0.1) is 17.3 Å². The predicted molar refractivity (Wildman–Crippen MR) is 112 cm³/mol. The molecule has 3 heterocycles. The van der Waals surface area contributed by atoms with Crippen LogP contribution in [0.15, 0.2) is 65.7 Å². The number of methoxy groups -OCH3 is 1. The lowest BCUT2D eigenvalue weighted by atomic mass is 9.95. The van der Waals surface area contributed by atoms with Crippen LogP contribution in [0.1, 0.15) is 17.0 Å². The Kier molecular flexibility index (Phi) is 4.60. The van der Waals surface area contributed by atoms with Gasteiger partial charge in [0.25, 0.3) is 0 Å². The van der Waals surface area contributed by atoms with Gasteiger partial charge in [0.1, 0.15) is 5.75 Å². The van der Waals surface area contributed by atoms with Crippen molar-refractivity contribution in [1.82, 2.24) is 9.88 Å². The largest absolute Gasteiger partial charge is 0.497 e. The lowest BCUT2D eigenvalue weighted by Gasteiger charge is -2.18. The van der Waals surface area contributed by atoms with E-state index in [0.29, 0.717) is 24.5 Å². The predicted octanol–water partition coefficient (Wildman–Crippen LogP) is 3.65. The first-order valence-electron chi connectivity index (χ1n) is 9.81. The molecule has 0 spiro atoms. The summed E-state index contributed by atoms with van der Waals surface area (Å²) in [6, 6.07) is 16.2. The van der Waals surface area contributed by atoms with Crippen LogP contribution >= 0.6 is 0 Å². The van der Waals surface area contributed by atoms with E-state index in [9.17, 15) is 12.8 Å². The van der Waals surface area contributed by atoms with Crippen molar-refractivity contribution in [1.29, 1.82) is 0 Å². The van der Waals surface area contributed by atoms with Gasteiger partial charge in [-0.15, -0.1) is 0 Å². The maximum Gasteiger partial charge on any atom is 0.212 e. The Morgan fingerprint density at radius 1 is 1.07 bits per heavy atom. The van der Waals surface area contributed by atoms with Gasteiger partial charge in [0, 0.05) is 37.3 Å². The Labute approximate surface area is 175 Å². The highest BCUT2D eigenvalue weighted by molar-refractivity contribution is 7.92. The van der Waals surface area contributed by atoms with Crippen molar-refractivity contribution in [2.75, 3.05) is 20.2 Å². The number of hydrogen-bond donors (Lipinski definition) is 0. The molecule has 0 saturated carbocycles. The molecule has 0 radical (unpaired) electrons. The first kappa shape index (κ1) is 19.2. The molecule has 0 aliphatic carbocycles. The maximum atomic E-state index is 13.2. The van der Waals surface area contributed by atoms with Gasteiger partial charge in [-0.05, 0) is 53.1 Å². The molecule has 7 heteroatoms. The second-order valence-corrected chi connectivity index (χ2v) is 9.99. The Hall–Kier alpha value is -2.77. The van der Waals surface area contributed by atoms with E-state index in [0.717, 1.165) is 28.0 Å². The van der Waals surface area contributed by atoms with Gasteiger partial charge in [-0.2, -0.15) is 4.39 Å². The Bertz CT molecular complexity index is 1190. The molecule has 3 aromatic rings. The summed E-state index contributed by atoms with van der Waals surface area (Å²) in [6.07, 6.45) is 1.47. The van der Waals surface area contributed by atoms with Crippen LogP contribution in [0.3, 0.4) is 0 Å². The fourth-order valence-corrected chi connectivity index (χ4v) is 6.76. The zero-order valence-corrected chi connectivity index (χ0v) is 17.3. The van der Waals surface area contributed by atoms with Crippen molar-refractivity contribution >= 4 is 9.84 Å². The van der Waals surface area contributed by atoms with E-state index in [1.165, 1.54) is 12.3 Å². The number of hydrogen-bond acceptors (Lipinski definition) is 5. The van der Waals surface area contributed by atoms with Crippen LogP contribution < -0.4 is 4.74 Å². The van der Waals surface area contributed by atoms with E-state index in [1.54, 1.807) is 25.3 Å². The molecule has 1 fully saturated rings. The normalized spacial score (nSPS) is 21.9. The van der Waals surface area contributed by atoms with E-state index in [4.69, 9.17) is 4.74 Å². The summed E-state index contributed by atoms with van der Waals surface area (Å²) in [4.78, 5) is 6.34. The third-order valence-electron chi connectivity index (χ3n) is 6.08.